The predicted molar refractivity (Wildman–Crippen MR) is 143 cm³/mol. The minimum atomic E-state index is -0.690. The van der Waals surface area contributed by atoms with Gasteiger partial charge in [-0.25, -0.2) is 4.79 Å². The molecule has 6 nitrogen and oxygen atoms in total. The fourth-order valence-electron chi connectivity index (χ4n) is 2.89. The third-order valence-electron chi connectivity index (χ3n) is 4.55. The lowest BCUT2D eigenvalue weighted by Gasteiger charge is -2.19. The highest BCUT2D eigenvalue weighted by atomic mass is 35.5. The Morgan fingerprint density at radius 3 is 2.44 bits per heavy atom. The van der Waals surface area contributed by atoms with Crippen LogP contribution in [0.15, 0.2) is 48.5 Å². The average Bonchev–Trinajstić information content (AvgIpc) is 2.79. The molecule has 0 unspecified atom stereocenters. The molecule has 2 aromatic carbocycles. The summed E-state index contributed by atoms with van der Waals surface area (Å²) in [5.74, 6) is 0.547. The van der Waals surface area contributed by atoms with E-state index in [1.165, 1.54) is 7.11 Å². The molecular weight excluding hydrogens is 489 g/mol. The Kier molecular flexibility index (Phi) is 15.3. The molecule has 4 N–H and O–H groups in total. The number of rotatable bonds is 11. The van der Waals surface area contributed by atoms with E-state index in [4.69, 9.17) is 10.5 Å². The number of benzene rings is 2. The summed E-state index contributed by atoms with van der Waals surface area (Å²) < 4.78 is 4.85. The van der Waals surface area contributed by atoms with Crippen LogP contribution in [0.1, 0.15) is 16.8 Å². The zero-order chi connectivity index (χ0) is 21.9. The van der Waals surface area contributed by atoms with Crippen molar-refractivity contribution in [3.63, 3.8) is 0 Å². The molecule has 0 aliphatic rings. The molecule has 0 aliphatic carbocycles. The molecule has 0 aromatic heterocycles. The Hall–Kier alpha value is -1.58. The number of methoxy groups -OCH3 is 1. The summed E-state index contributed by atoms with van der Waals surface area (Å²) in [6.45, 7) is 0.572. The number of ether oxygens (including phenoxy) is 1. The maximum atomic E-state index is 13.1. The zero-order valence-electron chi connectivity index (χ0n) is 18.1. The van der Waals surface area contributed by atoms with E-state index in [2.05, 4.69) is 23.3 Å². The van der Waals surface area contributed by atoms with E-state index in [-0.39, 0.29) is 36.8 Å². The van der Waals surface area contributed by atoms with Crippen molar-refractivity contribution in [2.75, 3.05) is 36.7 Å². The molecule has 32 heavy (non-hydrogen) atoms. The van der Waals surface area contributed by atoms with Gasteiger partial charge in [0.2, 0.25) is 0 Å². The van der Waals surface area contributed by atoms with Crippen LogP contribution in [-0.4, -0.2) is 55.4 Å². The lowest BCUT2D eigenvalue weighted by atomic mass is 9.98. The second kappa shape index (κ2) is 16.1. The van der Waals surface area contributed by atoms with Crippen molar-refractivity contribution in [3.05, 3.63) is 54.1 Å². The van der Waals surface area contributed by atoms with Crippen LogP contribution >= 0.6 is 49.2 Å². The molecule has 1 amide bonds. The van der Waals surface area contributed by atoms with Crippen LogP contribution in [0.2, 0.25) is 0 Å². The molecule has 0 radical (unpaired) electrons. The number of halogens is 2. The number of amides is 1. The van der Waals surface area contributed by atoms with Gasteiger partial charge in [0.15, 0.2) is 0 Å². The quantitative estimate of drug-likeness (QED) is 0.265. The van der Waals surface area contributed by atoms with Crippen molar-refractivity contribution in [1.29, 1.82) is 0 Å². The number of carbonyl (C=O) groups is 2. The van der Waals surface area contributed by atoms with Crippen LogP contribution in [0.25, 0.3) is 11.1 Å². The molecule has 178 valence electrons. The second-order valence-electron chi connectivity index (χ2n) is 6.78. The summed E-state index contributed by atoms with van der Waals surface area (Å²) in [5, 5.41) is 6.12. The predicted octanol–water partition coefficient (Wildman–Crippen LogP) is 3.89. The number of hydrogen-bond acceptors (Lipinski definition) is 7. The standard InChI is InChI=1S/C22H29N3O3S2.2ClH/c1-28-22(27)20(10-11-30-2)25-21(26)18-9-8-17(24-13-16(23)14-29)12-19(18)15-6-4-3-5-7-15;;/h3-9,12,16,20,24,29H,10-11,13-14,23H2,1-2H3,(H,25,26);2*1H/t16-,20+;;/m0../s1. The van der Waals surface area contributed by atoms with E-state index in [1.54, 1.807) is 17.8 Å². The minimum absolute atomic E-state index is 0. The molecule has 2 rings (SSSR count). The van der Waals surface area contributed by atoms with Gasteiger partial charge in [-0.1, -0.05) is 30.3 Å². The molecular formula is C22H31Cl2N3O3S2. The molecule has 0 spiro atoms. The largest absolute Gasteiger partial charge is 0.467 e. The highest BCUT2D eigenvalue weighted by Crippen LogP contribution is 2.27. The Morgan fingerprint density at radius 2 is 1.84 bits per heavy atom. The van der Waals surface area contributed by atoms with Crippen LogP contribution < -0.4 is 16.4 Å². The molecule has 0 fully saturated rings. The number of anilines is 1. The minimum Gasteiger partial charge on any atom is -0.467 e. The van der Waals surface area contributed by atoms with Gasteiger partial charge in [0, 0.05) is 29.6 Å². The van der Waals surface area contributed by atoms with E-state index in [0.29, 0.717) is 24.3 Å². The molecule has 0 saturated heterocycles. The normalized spacial score (nSPS) is 11.9. The van der Waals surface area contributed by atoms with Crippen molar-refractivity contribution < 1.29 is 14.3 Å². The van der Waals surface area contributed by atoms with Crippen molar-refractivity contribution in [2.45, 2.75) is 18.5 Å². The van der Waals surface area contributed by atoms with Gasteiger partial charge in [0.05, 0.1) is 7.11 Å². The number of nitrogens with two attached hydrogens (primary N) is 1. The number of esters is 1. The highest BCUT2D eigenvalue weighted by molar-refractivity contribution is 7.98. The van der Waals surface area contributed by atoms with Gasteiger partial charge in [-0.2, -0.15) is 24.4 Å². The topological polar surface area (TPSA) is 93.4 Å². The Morgan fingerprint density at radius 1 is 1.16 bits per heavy atom. The Balaban J connectivity index is 0.00000480. The van der Waals surface area contributed by atoms with Crippen LogP contribution in [-0.2, 0) is 9.53 Å². The monoisotopic (exact) mass is 519 g/mol. The summed E-state index contributed by atoms with van der Waals surface area (Å²) >= 11 is 5.82. The van der Waals surface area contributed by atoms with E-state index in [1.807, 2.05) is 48.7 Å². The van der Waals surface area contributed by atoms with E-state index in [0.717, 1.165) is 22.6 Å². The average molecular weight is 521 g/mol. The van der Waals surface area contributed by atoms with Gasteiger partial charge in [-0.15, -0.1) is 24.8 Å². The molecule has 0 heterocycles. The lowest BCUT2D eigenvalue weighted by Crippen LogP contribution is -2.42. The molecule has 0 saturated carbocycles. The smallest absolute Gasteiger partial charge is 0.328 e. The van der Waals surface area contributed by atoms with E-state index >= 15 is 0 Å². The fraction of sp³-hybridized carbons (Fsp3) is 0.364. The second-order valence-corrected chi connectivity index (χ2v) is 8.13. The van der Waals surface area contributed by atoms with Crippen molar-refractivity contribution >= 4 is 66.8 Å². The first-order chi connectivity index (χ1) is 14.5. The molecule has 10 heteroatoms. The molecule has 0 bridgehead atoms. The number of nitrogens with one attached hydrogen (secondary N) is 2. The van der Waals surface area contributed by atoms with Gasteiger partial charge in [-0.3, -0.25) is 4.79 Å². The number of thioether (sulfide) groups is 1. The first-order valence-electron chi connectivity index (χ1n) is 9.67. The third-order valence-corrected chi connectivity index (χ3v) is 5.67. The van der Waals surface area contributed by atoms with Gasteiger partial charge in [-0.05, 0) is 47.8 Å². The molecule has 2 aromatic rings. The fourth-order valence-corrected chi connectivity index (χ4v) is 3.49. The maximum Gasteiger partial charge on any atom is 0.328 e. The van der Waals surface area contributed by atoms with Gasteiger partial charge in [0.1, 0.15) is 6.04 Å². The lowest BCUT2D eigenvalue weighted by molar-refractivity contribution is -0.142. The van der Waals surface area contributed by atoms with Crippen LogP contribution in [0.4, 0.5) is 5.69 Å². The number of carbonyl (C=O) groups excluding carboxylic acids is 2. The first kappa shape index (κ1) is 30.4. The van der Waals surface area contributed by atoms with Crippen LogP contribution in [0, 0.1) is 0 Å². The summed E-state index contributed by atoms with van der Waals surface area (Å²) in [5.41, 5.74) is 8.96. The van der Waals surface area contributed by atoms with Crippen LogP contribution in [0.5, 0.6) is 0 Å². The van der Waals surface area contributed by atoms with Crippen LogP contribution in [0.3, 0.4) is 0 Å². The third kappa shape index (κ3) is 9.11. The molecule has 2 atom stereocenters. The Labute approximate surface area is 212 Å². The van der Waals surface area contributed by atoms with Gasteiger partial charge >= 0.3 is 5.97 Å². The zero-order valence-corrected chi connectivity index (χ0v) is 21.4. The highest BCUT2D eigenvalue weighted by Gasteiger charge is 2.23. The van der Waals surface area contributed by atoms with Gasteiger partial charge < -0.3 is 21.1 Å². The van der Waals surface area contributed by atoms with E-state index in [9.17, 15) is 9.59 Å². The summed E-state index contributed by atoms with van der Waals surface area (Å²) in [4.78, 5) is 25.2. The SMILES string of the molecule is COC(=O)[C@@H](CCSC)NC(=O)c1ccc(NC[C@H](N)CS)cc1-c1ccccc1.Cl.Cl. The van der Waals surface area contributed by atoms with Crippen molar-refractivity contribution in [2.24, 2.45) is 5.73 Å². The maximum absolute atomic E-state index is 13.1. The van der Waals surface area contributed by atoms with Crippen molar-refractivity contribution in [3.8, 4) is 11.1 Å². The summed E-state index contributed by atoms with van der Waals surface area (Å²) in [7, 11) is 1.33. The summed E-state index contributed by atoms with van der Waals surface area (Å²) in [6.07, 6.45) is 2.45. The first-order valence-corrected chi connectivity index (χ1v) is 11.7. The van der Waals surface area contributed by atoms with Crippen molar-refractivity contribution in [1.82, 2.24) is 5.32 Å². The number of thiol groups is 1. The molecule has 0 aliphatic heterocycles. The van der Waals surface area contributed by atoms with E-state index < -0.39 is 12.0 Å². The van der Waals surface area contributed by atoms with Gasteiger partial charge in [0.25, 0.3) is 5.91 Å². The summed E-state index contributed by atoms with van der Waals surface area (Å²) in [6, 6.07) is 14.4. The Bertz CT molecular complexity index is 844. The number of hydrogen-bond donors (Lipinski definition) is 4.